The lowest BCUT2D eigenvalue weighted by Gasteiger charge is -2.32. The fourth-order valence-corrected chi connectivity index (χ4v) is 3.67. The Morgan fingerprint density at radius 1 is 1.12 bits per heavy atom. The van der Waals surface area contributed by atoms with Crippen LogP contribution in [0.2, 0.25) is 0 Å². The lowest BCUT2D eigenvalue weighted by atomic mass is 9.94. The summed E-state index contributed by atoms with van der Waals surface area (Å²) in [6.07, 6.45) is 14.5. The predicted molar refractivity (Wildman–Crippen MR) is 100 cm³/mol. The van der Waals surface area contributed by atoms with Crippen molar-refractivity contribution in [2.75, 3.05) is 13.1 Å². The van der Waals surface area contributed by atoms with Crippen LogP contribution in [0.4, 0.5) is 0 Å². The molecule has 6 heteroatoms. The lowest BCUT2D eigenvalue weighted by molar-refractivity contribution is 0.198. The summed E-state index contributed by atoms with van der Waals surface area (Å²) in [7, 11) is 0. The summed E-state index contributed by atoms with van der Waals surface area (Å²) in [5.74, 6) is 2.30. The third-order valence-corrected chi connectivity index (χ3v) is 5.00. The van der Waals surface area contributed by atoms with Gasteiger partial charge in [-0.15, -0.1) is 0 Å². The highest BCUT2D eigenvalue weighted by Gasteiger charge is 2.23. The van der Waals surface area contributed by atoms with Crippen LogP contribution >= 0.6 is 0 Å². The Balaban J connectivity index is 1.51. The van der Waals surface area contributed by atoms with Gasteiger partial charge in [0.15, 0.2) is 5.82 Å². The number of imidazole rings is 1. The number of rotatable bonds is 5. The Bertz CT molecular complexity index is 844. The van der Waals surface area contributed by atoms with Gasteiger partial charge in [-0.3, -0.25) is 19.4 Å². The van der Waals surface area contributed by atoms with E-state index in [1.807, 2.05) is 41.7 Å². The number of hydrogen-bond donors (Lipinski definition) is 0. The Kier molecular flexibility index (Phi) is 5.02. The highest BCUT2D eigenvalue weighted by Crippen LogP contribution is 2.26. The molecule has 6 nitrogen and oxygen atoms in total. The third-order valence-electron chi connectivity index (χ3n) is 5.00. The Hall–Kier alpha value is -2.60. The molecule has 134 valence electrons. The SMILES string of the molecule is CCc1nccn1-c1cncc([C@H]2CCCN(Cc3ccncc3)C2)n1. The van der Waals surface area contributed by atoms with Crippen LogP contribution in [0.3, 0.4) is 0 Å². The van der Waals surface area contributed by atoms with Crippen LogP contribution in [0.15, 0.2) is 49.3 Å². The van der Waals surface area contributed by atoms with Crippen LogP contribution in [0.1, 0.15) is 42.8 Å². The molecule has 1 aliphatic rings. The van der Waals surface area contributed by atoms with Gasteiger partial charge in [-0.05, 0) is 37.1 Å². The highest BCUT2D eigenvalue weighted by atomic mass is 15.1. The zero-order valence-corrected chi connectivity index (χ0v) is 15.1. The summed E-state index contributed by atoms with van der Waals surface area (Å²) >= 11 is 0. The average molecular weight is 348 g/mol. The van der Waals surface area contributed by atoms with Gasteiger partial charge in [0.05, 0.1) is 11.9 Å². The topological polar surface area (TPSA) is 59.7 Å². The van der Waals surface area contributed by atoms with E-state index in [4.69, 9.17) is 4.98 Å². The number of pyridine rings is 1. The first-order valence-corrected chi connectivity index (χ1v) is 9.29. The van der Waals surface area contributed by atoms with E-state index in [0.717, 1.165) is 49.8 Å². The summed E-state index contributed by atoms with van der Waals surface area (Å²) in [6, 6.07) is 4.19. The Labute approximate surface area is 154 Å². The minimum Gasteiger partial charge on any atom is -0.298 e. The van der Waals surface area contributed by atoms with Crippen LogP contribution in [0.25, 0.3) is 5.82 Å². The standard InChI is InChI=1S/C20H24N6/c1-2-19-23-9-11-26(19)20-13-22-12-18(24-20)17-4-3-10-25(15-17)14-16-5-7-21-8-6-16/h5-9,11-13,17H,2-4,10,14-15H2,1H3/t17-/m0/s1. The van der Waals surface area contributed by atoms with E-state index in [9.17, 15) is 0 Å². The molecule has 0 unspecified atom stereocenters. The van der Waals surface area contributed by atoms with Crippen LogP contribution in [-0.4, -0.2) is 42.5 Å². The zero-order valence-electron chi connectivity index (χ0n) is 15.1. The van der Waals surface area contributed by atoms with Crippen molar-refractivity contribution in [2.24, 2.45) is 0 Å². The van der Waals surface area contributed by atoms with E-state index in [2.05, 4.69) is 38.9 Å². The number of piperidine rings is 1. The molecule has 4 heterocycles. The van der Waals surface area contributed by atoms with Gasteiger partial charge in [0.25, 0.3) is 0 Å². The molecule has 0 bridgehead atoms. The maximum atomic E-state index is 4.91. The molecule has 26 heavy (non-hydrogen) atoms. The van der Waals surface area contributed by atoms with Crippen molar-refractivity contribution in [3.05, 3.63) is 66.4 Å². The van der Waals surface area contributed by atoms with E-state index in [0.29, 0.717) is 5.92 Å². The average Bonchev–Trinajstić information content (AvgIpc) is 3.18. The van der Waals surface area contributed by atoms with Crippen molar-refractivity contribution < 1.29 is 0 Å². The van der Waals surface area contributed by atoms with Crippen molar-refractivity contribution in [1.29, 1.82) is 0 Å². The second-order valence-electron chi connectivity index (χ2n) is 6.80. The van der Waals surface area contributed by atoms with Gasteiger partial charge in [-0.25, -0.2) is 9.97 Å². The molecule has 1 atom stereocenters. The number of aromatic nitrogens is 5. The first-order chi connectivity index (χ1) is 12.8. The maximum Gasteiger partial charge on any atom is 0.156 e. The number of nitrogens with zero attached hydrogens (tertiary/aromatic N) is 6. The fraction of sp³-hybridized carbons (Fsp3) is 0.400. The van der Waals surface area contributed by atoms with Gasteiger partial charge in [-0.2, -0.15) is 0 Å². The summed E-state index contributed by atoms with van der Waals surface area (Å²) < 4.78 is 2.04. The molecular weight excluding hydrogens is 324 g/mol. The molecule has 0 spiro atoms. The minimum absolute atomic E-state index is 0.423. The monoisotopic (exact) mass is 348 g/mol. The van der Waals surface area contributed by atoms with Crippen LogP contribution in [0, 0.1) is 0 Å². The quantitative estimate of drug-likeness (QED) is 0.709. The van der Waals surface area contributed by atoms with Crippen LogP contribution in [0.5, 0.6) is 0 Å². The molecule has 0 amide bonds. The second kappa shape index (κ2) is 7.74. The molecule has 0 aromatic carbocycles. The first kappa shape index (κ1) is 16.8. The van der Waals surface area contributed by atoms with Gasteiger partial charge in [0, 0.05) is 56.4 Å². The van der Waals surface area contributed by atoms with Gasteiger partial charge in [-0.1, -0.05) is 6.92 Å². The number of aryl methyl sites for hydroxylation is 1. The summed E-state index contributed by atoms with van der Waals surface area (Å²) in [5, 5.41) is 0. The molecular formula is C20H24N6. The minimum atomic E-state index is 0.423. The highest BCUT2D eigenvalue weighted by molar-refractivity contribution is 5.24. The Morgan fingerprint density at radius 3 is 2.85 bits per heavy atom. The summed E-state index contributed by atoms with van der Waals surface area (Å²) in [6.45, 7) is 5.22. The molecule has 1 fully saturated rings. The van der Waals surface area contributed by atoms with Crippen molar-refractivity contribution in [3.63, 3.8) is 0 Å². The molecule has 1 aliphatic heterocycles. The fourth-order valence-electron chi connectivity index (χ4n) is 3.67. The molecule has 0 saturated carbocycles. The molecule has 3 aromatic rings. The predicted octanol–water partition coefficient (Wildman–Crippen LogP) is 3.00. The third kappa shape index (κ3) is 3.65. The van der Waals surface area contributed by atoms with Gasteiger partial charge < -0.3 is 0 Å². The van der Waals surface area contributed by atoms with E-state index in [1.165, 1.54) is 12.0 Å². The van der Waals surface area contributed by atoms with E-state index in [-0.39, 0.29) is 0 Å². The molecule has 1 saturated heterocycles. The van der Waals surface area contributed by atoms with E-state index in [1.54, 1.807) is 0 Å². The van der Waals surface area contributed by atoms with Crippen molar-refractivity contribution in [2.45, 2.75) is 38.6 Å². The largest absolute Gasteiger partial charge is 0.298 e. The number of hydrogen-bond acceptors (Lipinski definition) is 5. The molecule has 0 radical (unpaired) electrons. The van der Waals surface area contributed by atoms with Crippen LogP contribution in [-0.2, 0) is 13.0 Å². The van der Waals surface area contributed by atoms with E-state index < -0.39 is 0 Å². The Morgan fingerprint density at radius 2 is 2.00 bits per heavy atom. The van der Waals surface area contributed by atoms with Gasteiger partial charge in [0.2, 0.25) is 0 Å². The van der Waals surface area contributed by atoms with Gasteiger partial charge in [0.1, 0.15) is 5.82 Å². The number of likely N-dealkylation sites (tertiary alicyclic amines) is 1. The van der Waals surface area contributed by atoms with Crippen LogP contribution < -0.4 is 0 Å². The summed E-state index contributed by atoms with van der Waals surface area (Å²) in [5.41, 5.74) is 2.39. The maximum absolute atomic E-state index is 4.91. The molecule has 3 aromatic heterocycles. The van der Waals surface area contributed by atoms with Crippen molar-refractivity contribution >= 4 is 0 Å². The molecule has 4 rings (SSSR count). The zero-order chi connectivity index (χ0) is 17.8. The van der Waals surface area contributed by atoms with E-state index >= 15 is 0 Å². The normalized spacial score (nSPS) is 18.1. The van der Waals surface area contributed by atoms with Gasteiger partial charge >= 0.3 is 0 Å². The summed E-state index contributed by atoms with van der Waals surface area (Å²) in [4.78, 5) is 20.4. The molecule has 0 aliphatic carbocycles. The lowest BCUT2D eigenvalue weighted by Crippen LogP contribution is -2.34. The second-order valence-corrected chi connectivity index (χ2v) is 6.80. The first-order valence-electron chi connectivity index (χ1n) is 9.29. The molecule has 0 N–H and O–H groups in total. The van der Waals surface area contributed by atoms with Crippen molar-refractivity contribution in [3.8, 4) is 5.82 Å². The van der Waals surface area contributed by atoms with Crippen molar-refractivity contribution in [1.82, 2.24) is 29.4 Å². The smallest absolute Gasteiger partial charge is 0.156 e.